The average molecular weight is 300 g/mol. The predicted octanol–water partition coefficient (Wildman–Crippen LogP) is 2.57. The van der Waals surface area contributed by atoms with Gasteiger partial charge >= 0.3 is 0 Å². The molecule has 0 N–H and O–H groups in total. The highest BCUT2D eigenvalue weighted by molar-refractivity contribution is 6.34. The molecule has 1 aromatic carbocycles. The minimum atomic E-state index is 0.619. The van der Waals surface area contributed by atoms with E-state index in [4.69, 9.17) is 11.6 Å². The zero-order valence-corrected chi connectivity index (χ0v) is 12.6. The first-order chi connectivity index (χ1) is 10.1. The highest BCUT2D eigenvalue weighted by atomic mass is 35.5. The zero-order chi connectivity index (χ0) is 14.8. The van der Waals surface area contributed by atoms with Gasteiger partial charge in [0, 0.05) is 19.7 Å². The second kappa shape index (κ2) is 5.58. The minimum Gasteiger partial charge on any atom is -0.337 e. The second-order valence-corrected chi connectivity index (χ2v) is 5.15. The van der Waals surface area contributed by atoms with Crippen molar-refractivity contribution in [2.45, 2.75) is 19.9 Å². The van der Waals surface area contributed by atoms with Crippen molar-refractivity contribution in [1.82, 2.24) is 24.5 Å². The molecule has 0 amide bonds. The summed E-state index contributed by atoms with van der Waals surface area (Å²) in [6.07, 6.45) is 2.58. The van der Waals surface area contributed by atoms with Crippen molar-refractivity contribution < 1.29 is 0 Å². The normalized spacial score (nSPS) is 10.6. The fourth-order valence-electron chi connectivity index (χ4n) is 1.97. The Morgan fingerprint density at radius 2 is 2.14 bits per heavy atom. The summed E-state index contributed by atoms with van der Waals surface area (Å²) in [5.41, 5.74) is 2.32. The van der Waals surface area contributed by atoms with E-state index in [2.05, 4.69) is 27.0 Å². The van der Waals surface area contributed by atoms with E-state index in [1.807, 2.05) is 42.9 Å². The summed E-state index contributed by atoms with van der Waals surface area (Å²) in [5.74, 6) is 7.09. The molecule has 0 unspecified atom stereocenters. The molecule has 2 heterocycles. The van der Waals surface area contributed by atoms with Crippen molar-refractivity contribution in [3.63, 3.8) is 0 Å². The largest absolute Gasteiger partial charge is 0.337 e. The number of rotatable bonds is 2. The molecule has 0 spiro atoms. The van der Waals surface area contributed by atoms with Gasteiger partial charge in [-0.05, 0) is 25.0 Å². The zero-order valence-electron chi connectivity index (χ0n) is 11.8. The number of benzene rings is 1. The van der Waals surface area contributed by atoms with Crippen LogP contribution in [0.25, 0.3) is 11.0 Å². The summed E-state index contributed by atoms with van der Waals surface area (Å²) in [4.78, 5) is 5.97. The van der Waals surface area contributed by atoms with Gasteiger partial charge in [0.15, 0.2) is 0 Å². The van der Waals surface area contributed by atoms with Crippen LogP contribution in [-0.4, -0.2) is 24.5 Å². The first-order valence-electron chi connectivity index (χ1n) is 6.61. The second-order valence-electron chi connectivity index (χ2n) is 4.74. The molecule has 0 atom stereocenters. The first kappa shape index (κ1) is 13.7. The maximum absolute atomic E-state index is 6.07. The molecule has 0 aliphatic rings. The smallest absolute Gasteiger partial charge is 0.131 e. The third kappa shape index (κ3) is 2.91. The van der Waals surface area contributed by atoms with Gasteiger partial charge in [-0.1, -0.05) is 23.6 Å². The Morgan fingerprint density at radius 1 is 1.29 bits per heavy atom. The van der Waals surface area contributed by atoms with Crippen LogP contribution in [0, 0.1) is 18.8 Å². The quantitative estimate of drug-likeness (QED) is 0.683. The molecule has 21 heavy (non-hydrogen) atoms. The van der Waals surface area contributed by atoms with Crippen LogP contribution in [0.5, 0.6) is 0 Å². The molecule has 3 aromatic rings. The molecule has 0 bridgehead atoms. The monoisotopic (exact) mass is 299 g/mol. The minimum absolute atomic E-state index is 0.619. The van der Waals surface area contributed by atoms with Gasteiger partial charge in [0.2, 0.25) is 0 Å². The number of hydrogen-bond donors (Lipinski definition) is 0. The Bertz CT molecular complexity index is 830. The number of halogens is 1. The van der Waals surface area contributed by atoms with Gasteiger partial charge in [-0.25, -0.2) is 4.98 Å². The molecule has 2 aromatic heterocycles. The Balaban J connectivity index is 1.68. The van der Waals surface area contributed by atoms with Gasteiger partial charge in [-0.2, -0.15) is 15.0 Å². The van der Waals surface area contributed by atoms with Crippen LogP contribution in [0.1, 0.15) is 17.9 Å². The number of nitrogens with zero attached hydrogens (tertiary/aromatic N) is 5. The molecule has 106 valence electrons. The average Bonchev–Trinajstić information content (AvgIpc) is 3.00. The Kier molecular flexibility index (Phi) is 3.63. The van der Waals surface area contributed by atoms with Gasteiger partial charge in [0.1, 0.15) is 22.6 Å². The van der Waals surface area contributed by atoms with E-state index in [0.717, 1.165) is 22.6 Å². The number of fused-ring (bicyclic) bond motifs is 1. The van der Waals surface area contributed by atoms with Gasteiger partial charge in [0.05, 0.1) is 11.6 Å². The van der Waals surface area contributed by atoms with Gasteiger partial charge in [-0.15, -0.1) is 0 Å². The van der Waals surface area contributed by atoms with E-state index >= 15 is 0 Å². The highest BCUT2D eigenvalue weighted by Crippen LogP contribution is 2.19. The van der Waals surface area contributed by atoms with E-state index in [9.17, 15) is 0 Å². The third-order valence-electron chi connectivity index (χ3n) is 3.17. The molecule has 0 aliphatic heterocycles. The number of aryl methyl sites for hydroxylation is 3. The fourth-order valence-corrected chi connectivity index (χ4v) is 2.18. The van der Waals surface area contributed by atoms with E-state index in [1.165, 1.54) is 0 Å². The van der Waals surface area contributed by atoms with Gasteiger partial charge in [-0.3, -0.25) is 0 Å². The fraction of sp³-hybridized carbons (Fsp3) is 0.267. The van der Waals surface area contributed by atoms with E-state index in [1.54, 1.807) is 4.80 Å². The summed E-state index contributed by atoms with van der Waals surface area (Å²) in [6, 6.07) is 5.58. The van der Waals surface area contributed by atoms with Crippen molar-refractivity contribution >= 4 is 22.6 Å². The molecule has 3 rings (SSSR count). The van der Waals surface area contributed by atoms with Crippen molar-refractivity contribution in [2.24, 2.45) is 7.05 Å². The Morgan fingerprint density at radius 3 is 2.86 bits per heavy atom. The molecule has 0 aliphatic carbocycles. The van der Waals surface area contributed by atoms with Crippen molar-refractivity contribution in [3.8, 4) is 11.8 Å². The highest BCUT2D eigenvalue weighted by Gasteiger charge is 2.04. The summed E-state index contributed by atoms with van der Waals surface area (Å²) < 4.78 is 1.95. The van der Waals surface area contributed by atoms with Crippen molar-refractivity contribution in [2.75, 3.05) is 0 Å². The molecule has 0 radical (unpaired) electrons. The van der Waals surface area contributed by atoms with Crippen LogP contribution < -0.4 is 0 Å². The molecule has 5 nitrogen and oxygen atoms in total. The third-order valence-corrected chi connectivity index (χ3v) is 3.47. The van der Waals surface area contributed by atoms with Crippen molar-refractivity contribution in [3.05, 3.63) is 40.9 Å². The van der Waals surface area contributed by atoms with Crippen LogP contribution in [-0.2, 0) is 13.6 Å². The van der Waals surface area contributed by atoms with E-state index in [0.29, 0.717) is 18.0 Å². The lowest BCUT2D eigenvalue weighted by Crippen LogP contribution is -2.01. The van der Waals surface area contributed by atoms with Crippen LogP contribution >= 0.6 is 11.6 Å². The van der Waals surface area contributed by atoms with E-state index in [-0.39, 0.29) is 0 Å². The molecular weight excluding hydrogens is 286 g/mol. The molecular formula is C15H14ClN5. The molecule has 0 saturated carbocycles. The summed E-state index contributed by atoms with van der Waals surface area (Å²) >= 11 is 6.07. The SMILES string of the molecule is Cc1nc(C#CCCn2nc3cccc(Cl)c3n2)cn1C. The first-order valence-corrected chi connectivity index (χ1v) is 6.99. The lowest BCUT2D eigenvalue weighted by Gasteiger charge is -1.92. The van der Waals surface area contributed by atoms with Crippen molar-refractivity contribution in [1.29, 1.82) is 0 Å². The number of imidazole rings is 1. The molecule has 6 heteroatoms. The lowest BCUT2D eigenvalue weighted by molar-refractivity contribution is 0.555. The standard InChI is InChI=1S/C15H14ClN5/c1-11-17-12(10-20(11)2)6-3-4-9-21-18-14-8-5-7-13(16)15(14)19-21/h5,7-8,10H,4,9H2,1-2H3. The van der Waals surface area contributed by atoms with Gasteiger partial charge in [0.25, 0.3) is 0 Å². The maximum atomic E-state index is 6.07. The topological polar surface area (TPSA) is 48.5 Å². The lowest BCUT2D eigenvalue weighted by atomic mass is 10.3. The van der Waals surface area contributed by atoms with Crippen LogP contribution in [0.3, 0.4) is 0 Å². The molecule has 0 fully saturated rings. The van der Waals surface area contributed by atoms with Gasteiger partial charge < -0.3 is 4.57 Å². The summed E-state index contributed by atoms with van der Waals surface area (Å²) in [6.45, 7) is 2.58. The predicted molar refractivity (Wildman–Crippen MR) is 82.0 cm³/mol. The van der Waals surface area contributed by atoms with Crippen LogP contribution in [0.4, 0.5) is 0 Å². The van der Waals surface area contributed by atoms with Crippen LogP contribution in [0.15, 0.2) is 24.4 Å². The van der Waals surface area contributed by atoms with E-state index < -0.39 is 0 Å². The summed E-state index contributed by atoms with van der Waals surface area (Å²) in [5, 5.41) is 9.35. The Hall–Kier alpha value is -2.32. The Labute approximate surface area is 127 Å². The number of aromatic nitrogens is 5. The molecule has 0 saturated heterocycles. The van der Waals surface area contributed by atoms with Crippen LogP contribution in [0.2, 0.25) is 5.02 Å². The summed E-state index contributed by atoms with van der Waals surface area (Å²) in [7, 11) is 1.95. The number of hydrogen-bond acceptors (Lipinski definition) is 3. The maximum Gasteiger partial charge on any atom is 0.131 e.